The Hall–Kier alpha value is -5.47. The van der Waals surface area contributed by atoms with Crippen molar-refractivity contribution in [3.8, 4) is 23.2 Å². The molecule has 0 bridgehead atoms. The number of aliphatic imine (C=N–C) groups is 1. The van der Waals surface area contributed by atoms with Crippen LogP contribution in [0.4, 0.5) is 26.1 Å². The van der Waals surface area contributed by atoms with E-state index in [0.717, 1.165) is 63.0 Å². The molecule has 1 amide bonds. The summed E-state index contributed by atoms with van der Waals surface area (Å²) in [4.78, 5) is 34.6. The van der Waals surface area contributed by atoms with Crippen molar-refractivity contribution >= 4 is 35.4 Å². The minimum atomic E-state index is -1.66. The van der Waals surface area contributed by atoms with Crippen LogP contribution in [0.25, 0.3) is 11.4 Å². The fraction of sp³-hybridized carbons (Fsp3) is 0.387. The molecule has 0 aliphatic carbocycles. The Bertz CT molecular complexity index is 1720. The largest absolute Gasteiger partial charge is 0.483 e. The Morgan fingerprint density at radius 3 is 2.58 bits per heavy atom. The summed E-state index contributed by atoms with van der Waals surface area (Å²) in [7, 11) is 0. The highest BCUT2D eigenvalue weighted by molar-refractivity contribution is 6.28. The van der Waals surface area contributed by atoms with Gasteiger partial charge in [0.15, 0.2) is 23.6 Å². The average molecular weight is 661 g/mol. The molecule has 3 saturated heterocycles. The Balaban J connectivity index is 1.08. The van der Waals surface area contributed by atoms with E-state index in [9.17, 15) is 10.1 Å². The number of carbonyl (C=O) groups is 1. The predicted molar refractivity (Wildman–Crippen MR) is 173 cm³/mol. The van der Waals surface area contributed by atoms with Crippen LogP contribution in [0.3, 0.4) is 0 Å². The van der Waals surface area contributed by atoms with E-state index in [2.05, 4.69) is 40.2 Å². The number of hydrogen-bond acceptors (Lipinski definition) is 12. The molecule has 3 aromatic rings. The minimum absolute atomic E-state index is 0.0453. The van der Waals surface area contributed by atoms with Crippen LogP contribution < -0.4 is 26.5 Å². The van der Waals surface area contributed by atoms with E-state index in [1.54, 1.807) is 0 Å². The molecule has 3 aliphatic rings. The lowest BCUT2D eigenvalue weighted by Gasteiger charge is -2.43. The second kappa shape index (κ2) is 14.5. The first-order valence-corrected chi connectivity index (χ1v) is 15.3. The summed E-state index contributed by atoms with van der Waals surface area (Å²) in [5, 5.41) is 16.1. The van der Waals surface area contributed by atoms with Crippen molar-refractivity contribution < 1.29 is 23.0 Å². The van der Waals surface area contributed by atoms with Crippen LogP contribution in [-0.4, -0.2) is 114 Å². The van der Waals surface area contributed by atoms with Crippen LogP contribution in [0.2, 0.25) is 0 Å². The number of halogens is 2. The van der Waals surface area contributed by atoms with Gasteiger partial charge in [-0.1, -0.05) is 0 Å². The highest BCUT2D eigenvalue weighted by Gasteiger charge is 2.34. The van der Waals surface area contributed by atoms with Crippen molar-refractivity contribution in [2.45, 2.75) is 24.7 Å². The topological polar surface area (TPSA) is 197 Å². The van der Waals surface area contributed by atoms with E-state index in [4.69, 9.17) is 21.1 Å². The first-order chi connectivity index (χ1) is 23.3. The molecule has 2 atom stereocenters. The van der Waals surface area contributed by atoms with Gasteiger partial charge < -0.3 is 36.2 Å². The van der Waals surface area contributed by atoms with Crippen molar-refractivity contribution in [3.63, 3.8) is 0 Å². The molecule has 0 unspecified atom stereocenters. The number of hydrazone groups is 1. The van der Waals surface area contributed by atoms with Crippen LogP contribution in [0.5, 0.6) is 5.75 Å². The molecule has 0 saturated carbocycles. The quantitative estimate of drug-likeness (QED) is 0.136. The molecule has 3 fully saturated rings. The number of nitriles is 1. The second-order valence-electron chi connectivity index (χ2n) is 11.5. The third kappa shape index (κ3) is 7.40. The molecule has 48 heavy (non-hydrogen) atoms. The zero-order valence-electron chi connectivity index (χ0n) is 25.9. The molecular weight excluding hydrogens is 626 g/mol. The number of anilines is 3. The van der Waals surface area contributed by atoms with Gasteiger partial charge in [0.2, 0.25) is 11.9 Å². The third-order valence-corrected chi connectivity index (χ3v) is 8.44. The van der Waals surface area contributed by atoms with Gasteiger partial charge in [0, 0.05) is 56.1 Å². The number of hydrogen-bond donors (Lipinski definition) is 3. The number of piperidine rings is 1. The molecule has 2 aromatic carbocycles. The van der Waals surface area contributed by atoms with Crippen LogP contribution in [0.15, 0.2) is 52.8 Å². The number of guanidine groups is 1. The maximum Gasteiger partial charge on any atom is 0.265 e. The Morgan fingerprint density at radius 2 is 1.92 bits per heavy atom. The van der Waals surface area contributed by atoms with Gasteiger partial charge in [0.25, 0.3) is 5.91 Å². The normalized spacial score (nSPS) is 20.7. The van der Waals surface area contributed by atoms with E-state index < -0.39 is 29.7 Å². The standard InChI is InChI=1S/C31H34F2N12O3/c32-24-12-19(11-20(13-34)28(24)48-26-5-6-45(15-25(26)33)27(46)14-37-30(35)42-36)29-38-18-39-31(41-29)40-21-1-3-22(4-2-21)43-7-9-44(10-8-43)23-16-47-17-23/h1-4,11-12,14,18,23,25-26H,5-10,15-17,36H2,(H2,35,42)(H,38,39,40,41)/t25-,26+/m1/s1. The number of nitrogens with one attached hydrogen (secondary N) is 1. The molecule has 15 nitrogen and oxygen atoms in total. The lowest BCUT2D eigenvalue weighted by atomic mass is 10.0. The number of alkyl halides is 1. The lowest BCUT2D eigenvalue weighted by molar-refractivity contribution is -0.127. The van der Waals surface area contributed by atoms with Crippen molar-refractivity contribution in [1.29, 1.82) is 5.26 Å². The van der Waals surface area contributed by atoms with Crippen molar-refractivity contribution in [3.05, 3.63) is 54.1 Å². The van der Waals surface area contributed by atoms with Gasteiger partial charge in [0.05, 0.1) is 37.6 Å². The minimum Gasteiger partial charge on any atom is -0.483 e. The first kappa shape index (κ1) is 32.5. The van der Waals surface area contributed by atoms with Gasteiger partial charge in [-0.25, -0.2) is 23.7 Å². The first-order valence-electron chi connectivity index (χ1n) is 15.3. The number of aromatic nitrogens is 3. The molecule has 5 N–H and O–H groups in total. The van der Waals surface area contributed by atoms with Gasteiger partial charge in [-0.3, -0.25) is 9.69 Å². The summed E-state index contributed by atoms with van der Waals surface area (Å²) in [6.07, 6.45) is -0.542. The number of ether oxygens (including phenoxy) is 2. The number of rotatable bonds is 8. The van der Waals surface area contributed by atoms with Gasteiger partial charge in [-0.15, -0.1) is 5.10 Å². The highest BCUT2D eigenvalue weighted by atomic mass is 19.1. The van der Waals surface area contributed by atoms with E-state index in [0.29, 0.717) is 6.04 Å². The van der Waals surface area contributed by atoms with Gasteiger partial charge >= 0.3 is 0 Å². The molecule has 0 radical (unpaired) electrons. The molecule has 250 valence electrons. The summed E-state index contributed by atoms with van der Waals surface area (Å²) in [5.74, 6) is 3.15. The van der Waals surface area contributed by atoms with Gasteiger partial charge in [-0.2, -0.15) is 10.2 Å². The second-order valence-corrected chi connectivity index (χ2v) is 11.5. The number of benzene rings is 2. The van der Waals surface area contributed by atoms with Crippen LogP contribution in [-0.2, 0) is 9.53 Å². The number of carbonyl (C=O) groups excluding carboxylic acids is 1. The average Bonchev–Trinajstić information content (AvgIpc) is 3.08. The fourth-order valence-corrected chi connectivity index (χ4v) is 5.69. The van der Waals surface area contributed by atoms with E-state index >= 15 is 8.78 Å². The summed E-state index contributed by atoms with van der Waals surface area (Å²) in [5.41, 5.74) is 7.26. The molecule has 3 aliphatic heterocycles. The number of nitrogens with zero attached hydrogens (tertiary/aromatic N) is 9. The number of amides is 1. The molecular formula is C31H34F2N12O3. The molecule has 17 heteroatoms. The lowest BCUT2D eigenvalue weighted by Crippen LogP contribution is -2.56. The van der Waals surface area contributed by atoms with E-state index in [1.807, 2.05) is 30.3 Å². The summed E-state index contributed by atoms with van der Waals surface area (Å²) < 4.78 is 41.4. The number of likely N-dealkylation sites (tertiary alicyclic amines) is 1. The monoisotopic (exact) mass is 660 g/mol. The fourth-order valence-electron chi connectivity index (χ4n) is 5.69. The van der Waals surface area contributed by atoms with Crippen LogP contribution >= 0.6 is 0 Å². The van der Waals surface area contributed by atoms with Crippen molar-refractivity contribution in [1.82, 2.24) is 24.8 Å². The van der Waals surface area contributed by atoms with E-state index in [1.165, 1.54) is 17.3 Å². The van der Waals surface area contributed by atoms with Gasteiger partial charge in [-0.05, 0) is 36.4 Å². The van der Waals surface area contributed by atoms with E-state index in [-0.39, 0.29) is 48.4 Å². The summed E-state index contributed by atoms with van der Waals surface area (Å²) in [6.45, 7) is 5.31. The highest BCUT2D eigenvalue weighted by Crippen LogP contribution is 2.32. The zero-order valence-corrected chi connectivity index (χ0v) is 25.9. The molecule has 1 aromatic heterocycles. The zero-order chi connectivity index (χ0) is 33.6. The summed E-state index contributed by atoms with van der Waals surface area (Å²) in [6, 6.07) is 12.9. The molecule has 6 rings (SSSR count). The summed E-state index contributed by atoms with van der Waals surface area (Å²) >= 11 is 0. The third-order valence-electron chi connectivity index (χ3n) is 8.44. The SMILES string of the molecule is N#Cc1cc(-c2ncnc(Nc3ccc(N4CCN(C5COC5)CC4)cc3)n2)cc(F)c1O[C@H]1CCN(C(=O)C=N/C(N)=N\N)C[C@H]1F. The van der Waals surface area contributed by atoms with Crippen molar-refractivity contribution in [2.75, 3.05) is 62.7 Å². The Kier molecular flexibility index (Phi) is 9.83. The number of piperazine rings is 1. The predicted octanol–water partition coefficient (Wildman–Crippen LogP) is 1.39. The molecule has 4 heterocycles. The van der Waals surface area contributed by atoms with Crippen LogP contribution in [0.1, 0.15) is 12.0 Å². The number of nitrogens with two attached hydrogens (primary N) is 2. The van der Waals surface area contributed by atoms with Gasteiger partial charge in [0.1, 0.15) is 18.5 Å². The maximum atomic E-state index is 15.4. The smallest absolute Gasteiger partial charge is 0.265 e. The Labute approximate surface area is 274 Å². The van der Waals surface area contributed by atoms with Crippen LogP contribution in [0, 0.1) is 17.1 Å². The molecule has 0 spiro atoms. The maximum absolute atomic E-state index is 15.4. The van der Waals surface area contributed by atoms with Crippen molar-refractivity contribution in [2.24, 2.45) is 21.7 Å². The Morgan fingerprint density at radius 1 is 1.15 bits per heavy atom.